The zero-order valence-electron chi connectivity index (χ0n) is 12.9. The van der Waals surface area contributed by atoms with Crippen molar-refractivity contribution in [1.82, 2.24) is 19.6 Å². The van der Waals surface area contributed by atoms with Crippen LogP contribution in [0, 0.1) is 6.92 Å². The molecule has 2 aromatic heterocycles. The molecule has 1 aliphatic rings. The van der Waals surface area contributed by atoms with Crippen molar-refractivity contribution in [1.29, 1.82) is 0 Å². The molecule has 0 saturated heterocycles. The maximum absolute atomic E-state index is 12.3. The maximum atomic E-state index is 12.3. The monoisotopic (exact) mass is 323 g/mol. The van der Waals surface area contributed by atoms with E-state index < -0.39 is 18.9 Å². The maximum Gasteiger partial charge on any atom is 0.276 e. The molecule has 1 amide bonds. The van der Waals surface area contributed by atoms with Gasteiger partial charge in [0.2, 0.25) is 0 Å². The Kier molecular flexibility index (Phi) is 4.40. The molecule has 0 radical (unpaired) electrons. The Balaban J connectivity index is 1.69. The summed E-state index contributed by atoms with van der Waals surface area (Å²) < 4.78 is 27.6. The van der Waals surface area contributed by atoms with Crippen molar-refractivity contribution >= 4 is 11.6 Å². The number of halogens is 2. The quantitative estimate of drug-likeness (QED) is 0.920. The zero-order chi connectivity index (χ0) is 16.4. The minimum Gasteiger partial charge on any atom is -0.318 e. The number of amides is 1. The van der Waals surface area contributed by atoms with Crippen molar-refractivity contribution in [3.63, 3.8) is 0 Å². The number of aromatic nitrogens is 4. The first-order valence-corrected chi connectivity index (χ1v) is 7.71. The van der Waals surface area contributed by atoms with Crippen molar-refractivity contribution in [2.24, 2.45) is 0 Å². The molecular formula is C15H19F2N5O. The van der Waals surface area contributed by atoms with Crippen LogP contribution in [-0.4, -0.2) is 31.9 Å². The van der Waals surface area contributed by atoms with Gasteiger partial charge in [-0.1, -0.05) is 12.8 Å². The van der Waals surface area contributed by atoms with E-state index in [-0.39, 0.29) is 5.69 Å². The lowest BCUT2D eigenvalue weighted by atomic mass is 10.2. The van der Waals surface area contributed by atoms with Crippen molar-refractivity contribution in [3.8, 4) is 0 Å². The van der Waals surface area contributed by atoms with Crippen molar-refractivity contribution < 1.29 is 13.6 Å². The summed E-state index contributed by atoms with van der Waals surface area (Å²) in [6.07, 6.45) is 5.11. The molecule has 0 aliphatic heterocycles. The second-order valence-corrected chi connectivity index (χ2v) is 5.79. The van der Waals surface area contributed by atoms with E-state index >= 15 is 0 Å². The molecule has 2 heterocycles. The standard InChI is InChI=1S/C15H19F2N5O/c1-10-13(8-18-22(10)11-4-2-3-5-11)19-15(23)12-6-7-21(20-12)9-14(16)17/h6-8,11,14H,2-5,9H2,1H3,(H,19,23). The number of hydrogen-bond acceptors (Lipinski definition) is 3. The fourth-order valence-electron chi connectivity index (χ4n) is 2.98. The summed E-state index contributed by atoms with van der Waals surface area (Å²) in [5.74, 6) is -0.424. The summed E-state index contributed by atoms with van der Waals surface area (Å²) in [6, 6.07) is 1.82. The highest BCUT2D eigenvalue weighted by Gasteiger charge is 2.21. The Hall–Kier alpha value is -2.25. The third kappa shape index (κ3) is 3.40. The third-order valence-electron chi connectivity index (χ3n) is 4.16. The van der Waals surface area contributed by atoms with E-state index in [0.717, 1.165) is 23.2 Å². The summed E-state index contributed by atoms with van der Waals surface area (Å²) in [6.45, 7) is 1.39. The molecule has 0 unspecified atom stereocenters. The summed E-state index contributed by atoms with van der Waals surface area (Å²) in [4.78, 5) is 12.2. The SMILES string of the molecule is Cc1c(NC(=O)c2ccn(CC(F)F)n2)cnn1C1CCCC1. The first kappa shape index (κ1) is 15.6. The molecule has 2 aromatic rings. The normalized spacial score (nSPS) is 15.5. The average molecular weight is 323 g/mol. The van der Waals surface area contributed by atoms with Crippen LogP contribution in [-0.2, 0) is 6.54 Å². The predicted molar refractivity (Wildman–Crippen MR) is 80.7 cm³/mol. The van der Waals surface area contributed by atoms with E-state index in [1.807, 2.05) is 11.6 Å². The third-order valence-corrected chi connectivity index (χ3v) is 4.16. The number of carbonyl (C=O) groups is 1. The molecule has 124 valence electrons. The molecule has 23 heavy (non-hydrogen) atoms. The van der Waals surface area contributed by atoms with Gasteiger partial charge >= 0.3 is 0 Å². The summed E-state index contributed by atoms with van der Waals surface area (Å²) >= 11 is 0. The highest BCUT2D eigenvalue weighted by atomic mass is 19.3. The second kappa shape index (κ2) is 6.47. The molecule has 1 fully saturated rings. The summed E-state index contributed by atoms with van der Waals surface area (Å²) in [5.41, 5.74) is 1.64. The lowest BCUT2D eigenvalue weighted by Crippen LogP contribution is -2.15. The van der Waals surface area contributed by atoms with E-state index in [1.54, 1.807) is 6.20 Å². The van der Waals surface area contributed by atoms with Crippen LogP contribution in [0.2, 0.25) is 0 Å². The van der Waals surface area contributed by atoms with E-state index in [9.17, 15) is 13.6 Å². The zero-order valence-corrected chi connectivity index (χ0v) is 12.9. The summed E-state index contributed by atoms with van der Waals surface area (Å²) in [5, 5.41) is 11.0. The van der Waals surface area contributed by atoms with Gasteiger partial charge in [-0.05, 0) is 25.8 Å². The van der Waals surface area contributed by atoms with Crippen LogP contribution >= 0.6 is 0 Å². The molecule has 0 bridgehead atoms. The number of anilines is 1. The molecule has 8 heteroatoms. The van der Waals surface area contributed by atoms with Gasteiger partial charge in [-0.25, -0.2) is 8.78 Å². The molecule has 1 saturated carbocycles. The van der Waals surface area contributed by atoms with Gasteiger partial charge < -0.3 is 5.32 Å². The Morgan fingerprint density at radius 2 is 2.17 bits per heavy atom. The number of hydrogen-bond donors (Lipinski definition) is 1. The Morgan fingerprint density at radius 1 is 1.43 bits per heavy atom. The molecule has 3 rings (SSSR count). The van der Waals surface area contributed by atoms with Gasteiger partial charge in [0.15, 0.2) is 5.69 Å². The van der Waals surface area contributed by atoms with Gasteiger partial charge in [-0.3, -0.25) is 14.2 Å². The number of carbonyl (C=O) groups excluding carboxylic acids is 1. The molecule has 0 aromatic carbocycles. The predicted octanol–water partition coefficient (Wildman–Crippen LogP) is 3.02. The van der Waals surface area contributed by atoms with Gasteiger partial charge in [-0.15, -0.1) is 0 Å². The molecule has 1 N–H and O–H groups in total. The van der Waals surface area contributed by atoms with E-state index in [0.29, 0.717) is 11.7 Å². The molecule has 1 aliphatic carbocycles. The smallest absolute Gasteiger partial charge is 0.276 e. The van der Waals surface area contributed by atoms with Crippen LogP contribution in [0.5, 0.6) is 0 Å². The van der Waals surface area contributed by atoms with Crippen LogP contribution in [0.25, 0.3) is 0 Å². The largest absolute Gasteiger partial charge is 0.318 e. The molecular weight excluding hydrogens is 304 g/mol. The Morgan fingerprint density at radius 3 is 2.87 bits per heavy atom. The summed E-state index contributed by atoms with van der Waals surface area (Å²) in [7, 11) is 0. The highest BCUT2D eigenvalue weighted by Crippen LogP contribution is 2.31. The average Bonchev–Trinajstić information content (AvgIpc) is 3.21. The van der Waals surface area contributed by atoms with Crippen LogP contribution in [0.15, 0.2) is 18.5 Å². The van der Waals surface area contributed by atoms with Crippen molar-refractivity contribution in [3.05, 3.63) is 29.8 Å². The van der Waals surface area contributed by atoms with Gasteiger partial charge in [0.1, 0.15) is 6.54 Å². The minimum atomic E-state index is -2.50. The minimum absolute atomic E-state index is 0.110. The van der Waals surface area contributed by atoms with E-state index in [2.05, 4.69) is 15.5 Å². The van der Waals surface area contributed by atoms with Gasteiger partial charge in [-0.2, -0.15) is 10.2 Å². The van der Waals surface area contributed by atoms with Crippen LogP contribution in [0.4, 0.5) is 14.5 Å². The molecule has 0 spiro atoms. The van der Waals surface area contributed by atoms with Gasteiger partial charge in [0.05, 0.1) is 23.6 Å². The first-order valence-electron chi connectivity index (χ1n) is 7.71. The van der Waals surface area contributed by atoms with Crippen molar-refractivity contribution in [2.75, 3.05) is 5.32 Å². The van der Waals surface area contributed by atoms with Gasteiger partial charge in [0.25, 0.3) is 12.3 Å². The number of alkyl halides is 2. The lowest BCUT2D eigenvalue weighted by molar-refractivity contribution is 0.101. The number of nitrogens with zero attached hydrogens (tertiary/aromatic N) is 4. The molecule has 0 atom stereocenters. The van der Waals surface area contributed by atoms with Gasteiger partial charge in [0, 0.05) is 6.20 Å². The number of nitrogens with one attached hydrogen (secondary N) is 1. The first-order chi connectivity index (χ1) is 11.0. The van der Waals surface area contributed by atoms with E-state index in [1.165, 1.54) is 25.1 Å². The number of rotatable bonds is 5. The van der Waals surface area contributed by atoms with Crippen LogP contribution in [0.1, 0.15) is 47.9 Å². The van der Waals surface area contributed by atoms with Crippen molar-refractivity contribution in [2.45, 2.75) is 51.6 Å². The van der Waals surface area contributed by atoms with E-state index in [4.69, 9.17) is 0 Å². The van der Waals surface area contributed by atoms with Crippen LogP contribution in [0.3, 0.4) is 0 Å². The lowest BCUT2D eigenvalue weighted by Gasteiger charge is -2.12. The Bertz CT molecular complexity index is 688. The second-order valence-electron chi connectivity index (χ2n) is 5.79. The Labute approximate surface area is 132 Å². The fraction of sp³-hybridized carbons (Fsp3) is 0.533. The fourth-order valence-corrected chi connectivity index (χ4v) is 2.98. The molecule has 6 nitrogen and oxygen atoms in total. The topological polar surface area (TPSA) is 64.7 Å². The van der Waals surface area contributed by atoms with Crippen LogP contribution < -0.4 is 5.32 Å². The highest BCUT2D eigenvalue weighted by molar-refractivity contribution is 6.03.